The zero-order valence-electron chi connectivity index (χ0n) is 9.71. The van der Waals surface area contributed by atoms with E-state index in [-0.39, 0.29) is 0 Å². The molecule has 3 unspecified atom stereocenters. The molecule has 2 nitrogen and oxygen atoms in total. The molecule has 15 heavy (non-hydrogen) atoms. The Hall–Kier alpha value is -0.370. The standard InChI is InChI=1S/C13H22O2/c1-10-9-11(10)4-5-12(14)6-7-13-3-2-8-15-13/h10-11,13H,2-9H2,1H3. The van der Waals surface area contributed by atoms with Crippen molar-refractivity contribution in [2.75, 3.05) is 6.61 Å². The first-order chi connectivity index (χ1) is 7.25. The minimum Gasteiger partial charge on any atom is -0.378 e. The molecule has 0 bridgehead atoms. The van der Waals surface area contributed by atoms with Crippen molar-refractivity contribution in [3.8, 4) is 0 Å². The van der Waals surface area contributed by atoms with Crippen molar-refractivity contribution in [1.82, 2.24) is 0 Å². The van der Waals surface area contributed by atoms with Gasteiger partial charge in [-0.1, -0.05) is 6.92 Å². The molecule has 1 aliphatic heterocycles. The molecule has 3 atom stereocenters. The van der Waals surface area contributed by atoms with Crippen LogP contribution < -0.4 is 0 Å². The lowest BCUT2D eigenvalue weighted by atomic mass is 10.0. The minimum absolute atomic E-state index is 0.383. The lowest BCUT2D eigenvalue weighted by Crippen LogP contribution is -2.08. The van der Waals surface area contributed by atoms with E-state index in [1.165, 1.54) is 12.8 Å². The van der Waals surface area contributed by atoms with Gasteiger partial charge in [0.1, 0.15) is 5.78 Å². The maximum absolute atomic E-state index is 11.6. The molecular weight excluding hydrogens is 188 g/mol. The quantitative estimate of drug-likeness (QED) is 0.673. The lowest BCUT2D eigenvalue weighted by molar-refractivity contribution is -0.119. The summed E-state index contributed by atoms with van der Waals surface area (Å²) in [7, 11) is 0. The van der Waals surface area contributed by atoms with Crippen LogP contribution in [0.4, 0.5) is 0 Å². The number of carbonyl (C=O) groups excluding carboxylic acids is 1. The largest absolute Gasteiger partial charge is 0.378 e. The molecular formula is C13H22O2. The summed E-state index contributed by atoms with van der Waals surface area (Å²) < 4.78 is 5.51. The number of hydrogen-bond acceptors (Lipinski definition) is 2. The molecule has 1 saturated carbocycles. The summed E-state index contributed by atoms with van der Waals surface area (Å²) in [5.41, 5.74) is 0. The van der Waals surface area contributed by atoms with Crippen molar-refractivity contribution >= 4 is 5.78 Å². The summed E-state index contributed by atoms with van der Waals surface area (Å²) in [5.74, 6) is 2.19. The summed E-state index contributed by atoms with van der Waals surface area (Å²) in [4.78, 5) is 11.6. The van der Waals surface area contributed by atoms with Crippen molar-refractivity contribution in [2.24, 2.45) is 11.8 Å². The van der Waals surface area contributed by atoms with Crippen molar-refractivity contribution in [3.63, 3.8) is 0 Å². The number of hydrogen-bond donors (Lipinski definition) is 0. The summed E-state index contributed by atoms with van der Waals surface area (Å²) in [5, 5.41) is 0. The van der Waals surface area contributed by atoms with Gasteiger partial charge in [-0.25, -0.2) is 0 Å². The second-order valence-corrected chi connectivity index (χ2v) is 5.22. The molecule has 0 aromatic heterocycles. The third kappa shape index (κ3) is 3.60. The Morgan fingerprint density at radius 1 is 1.33 bits per heavy atom. The van der Waals surface area contributed by atoms with Crippen molar-refractivity contribution in [2.45, 2.75) is 58.0 Å². The van der Waals surface area contributed by atoms with Crippen LogP contribution in [0.15, 0.2) is 0 Å². The molecule has 2 rings (SSSR count). The lowest BCUT2D eigenvalue weighted by Gasteiger charge is -2.07. The predicted octanol–water partition coefficient (Wildman–Crippen LogP) is 2.95. The van der Waals surface area contributed by atoms with Crippen LogP contribution in [-0.2, 0) is 9.53 Å². The van der Waals surface area contributed by atoms with Crippen molar-refractivity contribution in [1.29, 1.82) is 0 Å². The van der Waals surface area contributed by atoms with Crippen molar-refractivity contribution in [3.05, 3.63) is 0 Å². The average Bonchev–Trinajstić information content (AvgIpc) is 2.73. The molecule has 86 valence electrons. The van der Waals surface area contributed by atoms with Gasteiger partial charge in [0, 0.05) is 19.4 Å². The maximum Gasteiger partial charge on any atom is 0.133 e. The first-order valence-corrected chi connectivity index (χ1v) is 6.39. The predicted molar refractivity (Wildman–Crippen MR) is 59.7 cm³/mol. The molecule has 0 aromatic carbocycles. The summed E-state index contributed by atoms with van der Waals surface area (Å²) in [6, 6.07) is 0. The van der Waals surface area contributed by atoms with Crippen LogP contribution in [0.2, 0.25) is 0 Å². The summed E-state index contributed by atoms with van der Waals surface area (Å²) >= 11 is 0. The van der Waals surface area contributed by atoms with Gasteiger partial charge in [0.2, 0.25) is 0 Å². The number of rotatable bonds is 6. The van der Waals surface area contributed by atoms with Crippen LogP contribution in [-0.4, -0.2) is 18.5 Å². The van der Waals surface area contributed by atoms with Gasteiger partial charge in [0.05, 0.1) is 6.10 Å². The van der Waals surface area contributed by atoms with E-state index >= 15 is 0 Å². The number of ketones is 1. The molecule has 0 amide bonds. The Morgan fingerprint density at radius 3 is 2.67 bits per heavy atom. The summed E-state index contributed by atoms with van der Waals surface area (Å²) in [6.07, 6.45) is 7.71. The fraction of sp³-hybridized carbons (Fsp3) is 0.923. The molecule has 1 aliphatic carbocycles. The van der Waals surface area contributed by atoms with Crippen LogP contribution in [0.3, 0.4) is 0 Å². The second-order valence-electron chi connectivity index (χ2n) is 5.22. The summed E-state index contributed by atoms with van der Waals surface area (Å²) in [6.45, 7) is 3.18. The Balaban J connectivity index is 1.52. The van der Waals surface area contributed by atoms with Crippen LogP contribution in [0.25, 0.3) is 0 Å². The van der Waals surface area contributed by atoms with E-state index in [0.29, 0.717) is 11.9 Å². The Bertz CT molecular complexity index is 219. The molecule has 2 aliphatic rings. The first-order valence-electron chi connectivity index (χ1n) is 6.39. The smallest absolute Gasteiger partial charge is 0.133 e. The van der Waals surface area contributed by atoms with Gasteiger partial charge in [0.15, 0.2) is 0 Å². The number of Topliss-reactive ketones (excluding diaryl/α,β-unsaturated/α-hetero) is 1. The molecule has 0 aromatic rings. The van der Waals surface area contributed by atoms with Gasteiger partial charge in [-0.3, -0.25) is 4.79 Å². The number of carbonyl (C=O) groups is 1. The Labute approximate surface area is 92.4 Å². The van der Waals surface area contributed by atoms with Gasteiger partial charge in [-0.2, -0.15) is 0 Å². The fourth-order valence-corrected chi connectivity index (χ4v) is 2.47. The average molecular weight is 210 g/mol. The third-order valence-electron chi connectivity index (χ3n) is 3.84. The SMILES string of the molecule is CC1CC1CCC(=O)CCC1CCCO1. The molecule has 0 spiro atoms. The van der Waals surface area contributed by atoms with E-state index < -0.39 is 0 Å². The highest BCUT2D eigenvalue weighted by Gasteiger charge is 2.32. The molecule has 1 heterocycles. The molecule has 2 fully saturated rings. The monoisotopic (exact) mass is 210 g/mol. The van der Waals surface area contributed by atoms with Crippen LogP contribution in [0.5, 0.6) is 0 Å². The molecule has 1 saturated heterocycles. The topological polar surface area (TPSA) is 26.3 Å². The second kappa shape index (κ2) is 5.11. The van der Waals surface area contributed by atoms with Crippen molar-refractivity contribution < 1.29 is 9.53 Å². The maximum atomic E-state index is 11.6. The van der Waals surface area contributed by atoms with Gasteiger partial charge >= 0.3 is 0 Å². The Morgan fingerprint density at radius 2 is 2.07 bits per heavy atom. The molecule has 0 N–H and O–H groups in total. The highest BCUT2D eigenvalue weighted by atomic mass is 16.5. The van der Waals surface area contributed by atoms with Gasteiger partial charge in [0.25, 0.3) is 0 Å². The third-order valence-corrected chi connectivity index (χ3v) is 3.84. The van der Waals surface area contributed by atoms with E-state index in [4.69, 9.17) is 4.74 Å². The van der Waals surface area contributed by atoms with E-state index in [0.717, 1.165) is 50.5 Å². The normalized spacial score (nSPS) is 34.3. The van der Waals surface area contributed by atoms with E-state index in [1.54, 1.807) is 0 Å². The van der Waals surface area contributed by atoms with Gasteiger partial charge in [-0.05, 0) is 43.9 Å². The minimum atomic E-state index is 0.383. The van der Waals surface area contributed by atoms with Crippen LogP contribution in [0.1, 0.15) is 51.9 Å². The van der Waals surface area contributed by atoms with Gasteiger partial charge in [-0.15, -0.1) is 0 Å². The molecule has 0 radical (unpaired) electrons. The fourth-order valence-electron chi connectivity index (χ4n) is 2.47. The van der Waals surface area contributed by atoms with Gasteiger partial charge < -0.3 is 4.74 Å². The highest BCUT2D eigenvalue weighted by Crippen LogP contribution is 2.41. The zero-order chi connectivity index (χ0) is 10.7. The molecule has 2 heteroatoms. The van der Waals surface area contributed by atoms with E-state index in [9.17, 15) is 4.79 Å². The zero-order valence-corrected chi connectivity index (χ0v) is 9.71. The number of ether oxygens (including phenoxy) is 1. The highest BCUT2D eigenvalue weighted by molar-refractivity contribution is 5.78. The van der Waals surface area contributed by atoms with E-state index in [1.807, 2.05) is 0 Å². The van der Waals surface area contributed by atoms with Crippen LogP contribution >= 0.6 is 0 Å². The van der Waals surface area contributed by atoms with Crippen LogP contribution in [0, 0.1) is 11.8 Å². The van der Waals surface area contributed by atoms with E-state index in [2.05, 4.69) is 6.92 Å². The first kappa shape index (κ1) is 11.1. The Kier molecular flexibility index (Phi) is 3.79.